The predicted molar refractivity (Wildman–Crippen MR) is 124 cm³/mol. The van der Waals surface area contributed by atoms with Crippen LogP contribution in [0.15, 0.2) is 96.7 Å². The number of para-hydroxylation sites is 1. The first-order valence-electron chi connectivity index (χ1n) is 10.4. The third kappa shape index (κ3) is 5.20. The molecule has 0 unspecified atom stereocenters. The second-order valence-electron chi connectivity index (χ2n) is 7.40. The van der Waals surface area contributed by atoms with Gasteiger partial charge in [-0.15, -0.1) is 0 Å². The lowest BCUT2D eigenvalue weighted by Gasteiger charge is -2.36. The highest BCUT2D eigenvalue weighted by molar-refractivity contribution is 6.05. The minimum Gasteiger partial charge on any atom is -0.368 e. The molecule has 0 spiro atoms. The van der Waals surface area contributed by atoms with Gasteiger partial charge in [0.25, 0.3) is 11.8 Å². The van der Waals surface area contributed by atoms with Crippen LogP contribution in [0, 0.1) is 0 Å². The predicted octanol–water partition coefficient (Wildman–Crippen LogP) is 3.81. The third-order valence-corrected chi connectivity index (χ3v) is 5.31. The van der Waals surface area contributed by atoms with E-state index in [4.69, 9.17) is 0 Å². The average Bonchev–Trinajstić information content (AvgIpc) is 2.85. The Morgan fingerprint density at radius 1 is 0.710 bits per heavy atom. The van der Waals surface area contributed by atoms with Gasteiger partial charge in [0.2, 0.25) is 0 Å². The normalized spacial score (nSPS) is 14.3. The number of nitrogens with one attached hydrogen (secondary N) is 1. The maximum Gasteiger partial charge on any atom is 0.270 e. The summed E-state index contributed by atoms with van der Waals surface area (Å²) in [6, 6.07) is 28.7. The van der Waals surface area contributed by atoms with Crippen LogP contribution in [-0.4, -0.2) is 42.9 Å². The van der Waals surface area contributed by atoms with Crippen molar-refractivity contribution in [1.29, 1.82) is 0 Å². The minimum atomic E-state index is -0.293. The van der Waals surface area contributed by atoms with Gasteiger partial charge in [0.15, 0.2) is 0 Å². The number of rotatable bonds is 5. The van der Waals surface area contributed by atoms with E-state index in [1.807, 2.05) is 54.6 Å². The Bertz CT molecular complexity index is 1040. The van der Waals surface area contributed by atoms with E-state index >= 15 is 0 Å². The second kappa shape index (κ2) is 9.76. The second-order valence-corrected chi connectivity index (χ2v) is 7.40. The molecule has 1 aliphatic rings. The highest BCUT2D eigenvalue weighted by Gasteiger charge is 2.25. The first-order valence-corrected chi connectivity index (χ1v) is 10.4. The molecule has 3 aromatic carbocycles. The number of amides is 2. The van der Waals surface area contributed by atoms with Gasteiger partial charge in [-0.05, 0) is 35.9 Å². The van der Waals surface area contributed by atoms with Crippen molar-refractivity contribution < 1.29 is 9.59 Å². The zero-order valence-electron chi connectivity index (χ0n) is 17.3. The first-order chi connectivity index (χ1) is 15.2. The summed E-state index contributed by atoms with van der Waals surface area (Å²) < 4.78 is 0. The smallest absolute Gasteiger partial charge is 0.270 e. The summed E-state index contributed by atoms with van der Waals surface area (Å²) >= 11 is 0. The van der Waals surface area contributed by atoms with Gasteiger partial charge in [-0.2, -0.15) is 0 Å². The molecular formula is C26H25N3O2. The Balaban J connectivity index is 1.50. The van der Waals surface area contributed by atoms with E-state index in [1.54, 1.807) is 35.2 Å². The summed E-state index contributed by atoms with van der Waals surface area (Å²) in [5.41, 5.74) is 2.82. The fourth-order valence-corrected chi connectivity index (χ4v) is 3.63. The van der Waals surface area contributed by atoms with Gasteiger partial charge < -0.3 is 15.1 Å². The number of carbonyl (C=O) groups excluding carboxylic acids is 2. The number of piperazine rings is 1. The molecule has 0 aromatic heterocycles. The molecule has 4 rings (SSSR count). The van der Waals surface area contributed by atoms with Crippen LogP contribution < -0.4 is 10.2 Å². The van der Waals surface area contributed by atoms with Crippen LogP contribution in [0.3, 0.4) is 0 Å². The molecule has 3 aromatic rings. The van der Waals surface area contributed by atoms with Crippen LogP contribution in [0.4, 0.5) is 5.69 Å². The molecule has 0 radical (unpaired) electrons. The number of hydrogen-bond donors (Lipinski definition) is 1. The van der Waals surface area contributed by atoms with Gasteiger partial charge in [0.05, 0.1) is 0 Å². The topological polar surface area (TPSA) is 52.7 Å². The summed E-state index contributed by atoms with van der Waals surface area (Å²) in [4.78, 5) is 30.2. The molecule has 156 valence electrons. The van der Waals surface area contributed by atoms with Crippen molar-refractivity contribution in [3.05, 3.63) is 108 Å². The molecule has 31 heavy (non-hydrogen) atoms. The number of carbonyl (C=O) groups is 2. The van der Waals surface area contributed by atoms with E-state index < -0.39 is 0 Å². The van der Waals surface area contributed by atoms with Gasteiger partial charge in [0.1, 0.15) is 5.70 Å². The average molecular weight is 412 g/mol. The molecule has 1 heterocycles. The maximum absolute atomic E-state index is 13.3. The summed E-state index contributed by atoms with van der Waals surface area (Å²) in [5, 5.41) is 2.84. The van der Waals surface area contributed by atoms with Crippen molar-refractivity contribution in [2.24, 2.45) is 0 Å². The summed E-state index contributed by atoms with van der Waals surface area (Å²) in [6.45, 7) is 2.70. The van der Waals surface area contributed by atoms with E-state index in [0.717, 1.165) is 24.3 Å². The number of hydrogen-bond acceptors (Lipinski definition) is 3. The highest BCUT2D eigenvalue weighted by Crippen LogP contribution is 2.17. The largest absolute Gasteiger partial charge is 0.368 e. The van der Waals surface area contributed by atoms with Crippen LogP contribution in [0.5, 0.6) is 0 Å². The zero-order chi connectivity index (χ0) is 21.5. The van der Waals surface area contributed by atoms with Crippen molar-refractivity contribution in [3.8, 4) is 0 Å². The van der Waals surface area contributed by atoms with E-state index in [9.17, 15) is 9.59 Å². The molecule has 2 amide bonds. The van der Waals surface area contributed by atoms with Crippen LogP contribution in [0.1, 0.15) is 15.9 Å². The van der Waals surface area contributed by atoms with Crippen LogP contribution in [0.25, 0.3) is 6.08 Å². The molecule has 1 saturated heterocycles. The zero-order valence-corrected chi connectivity index (χ0v) is 17.3. The number of anilines is 1. The van der Waals surface area contributed by atoms with Crippen LogP contribution in [0.2, 0.25) is 0 Å². The van der Waals surface area contributed by atoms with E-state index in [-0.39, 0.29) is 17.5 Å². The molecule has 1 fully saturated rings. The molecule has 0 aliphatic carbocycles. The van der Waals surface area contributed by atoms with Gasteiger partial charge in [-0.25, -0.2) is 0 Å². The lowest BCUT2D eigenvalue weighted by Crippen LogP contribution is -2.50. The summed E-state index contributed by atoms with van der Waals surface area (Å²) in [7, 11) is 0. The lowest BCUT2D eigenvalue weighted by atomic mass is 10.1. The van der Waals surface area contributed by atoms with Crippen molar-refractivity contribution in [2.45, 2.75) is 0 Å². The molecule has 0 atom stereocenters. The van der Waals surface area contributed by atoms with Crippen LogP contribution in [-0.2, 0) is 4.79 Å². The van der Waals surface area contributed by atoms with Crippen molar-refractivity contribution in [2.75, 3.05) is 31.1 Å². The van der Waals surface area contributed by atoms with Crippen molar-refractivity contribution in [3.63, 3.8) is 0 Å². The Kier molecular flexibility index (Phi) is 6.43. The molecule has 5 nitrogen and oxygen atoms in total. The first kappa shape index (κ1) is 20.4. The standard InChI is InChI=1S/C26H25N3O2/c30-25(22-12-6-2-7-13-22)27-24(20-21-10-4-1-5-11-21)26(31)29-18-16-28(17-19-29)23-14-8-3-9-15-23/h1-15,20H,16-19H2,(H,27,30). The van der Waals surface area contributed by atoms with E-state index in [2.05, 4.69) is 22.3 Å². The Labute approximate surface area is 182 Å². The Morgan fingerprint density at radius 2 is 1.26 bits per heavy atom. The van der Waals surface area contributed by atoms with Gasteiger partial charge in [-0.3, -0.25) is 9.59 Å². The lowest BCUT2D eigenvalue weighted by molar-refractivity contribution is -0.127. The minimum absolute atomic E-state index is 0.166. The molecule has 1 N–H and O–H groups in total. The summed E-state index contributed by atoms with van der Waals surface area (Å²) in [5.74, 6) is -0.458. The van der Waals surface area contributed by atoms with Crippen molar-refractivity contribution >= 4 is 23.6 Å². The monoisotopic (exact) mass is 411 g/mol. The molecule has 1 aliphatic heterocycles. The molecule has 0 saturated carbocycles. The SMILES string of the molecule is O=C(NC(=Cc1ccccc1)C(=O)N1CCN(c2ccccc2)CC1)c1ccccc1. The molecule has 5 heteroatoms. The fourth-order valence-electron chi connectivity index (χ4n) is 3.63. The van der Waals surface area contributed by atoms with Gasteiger partial charge >= 0.3 is 0 Å². The van der Waals surface area contributed by atoms with Crippen LogP contribution >= 0.6 is 0 Å². The van der Waals surface area contributed by atoms with Crippen molar-refractivity contribution in [1.82, 2.24) is 10.2 Å². The third-order valence-electron chi connectivity index (χ3n) is 5.31. The molecule has 0 bridgehead atoms. The number of benzene rings is 3. The van der Waals surface area contributed by atoms with Gasteiger partial charge in [-0.1, -0.05) is 66.7 Å². The Hall–Kier alpha value is -3.86. The van der Waals surface area contributed by atoms with E-state index in [0.29, 0.717) is 18.7 Å². The maximum atomic E-state index is 13.3. The Morgan fingerprint density at radius 3 is 1.87 bits per heavy atom. The summed E-state index contributed by atoms with van der Waals surface area (Å²) in [6.07, 6.45) is 1.74. The quantitative estimate of drug-likeness (QED) is 0.650. The van der Waals surface area contributed by atoms with Gasteiger partial charge in [0, 0.05) is 37.4 Å². The fraction of sp³-hybridized carbons (Fsp3) is 0.154. The van der Waals surface area contributed by atoms with E-state index in [1.165, 1.54) is 0 Å². The molecular weight excluding hydrogens is 386 g/mol. The number of nitrogens with zero attached hydrogens (tertiary/aromatic N) is 2. The highest BCUT2D eigenvalue weighted by atomic mass is 16.2.